The van der Waals surface area contributed by atoms with E-state index in [1.165, 1.54) is 0 Å². The van der Waals surface area contributed by atoms with Crippen molar-refractivity contribution in [3.05, 3.63) is 29.3 Å². The van der Waals surface area contributed by atoms with Crippen molar-refractivity contribution in [3.8, 4) is 0 Å². The van der Waals surface area contributed by atoms with Gasteiger partial charge in [-0.3, -0.25) is 15.0 Å². The number of aryl methyl sites for hydroxylation is 1. The number of anilines is 1. The molecule has 0 aliphatic carbocycles. The minimum absolute atomic E-state index is 0.202. The van der Waals surface area contributed by atoms with E-state index in [4.69, 9.17) is 0 Å². The van der Waals surface area contributed by atoms with Gasteiger partial charge in [-0.25, -0.2) is 4.79 Å². The molecule has 1 fully saturated rings. The van der Waals surface area contributed by atoms with E-state index >= 15 is 0 Å². The van der Waals surface area contributed by atoms with E-state index in [1.807, 2.05) is 32.0 Å². The molecular weight excluding hydrogens is 204 g/mol. The molecule has 1 N–H and O–H groups in total. The van der Waals surface area contributed by atoms with E-state index in [-0.39, 0.29) is 11.9 Å². The van der Waals surface area contributed by atoms with E-state index < -0.39 is 0 Å². The molecule has 84 valence electrons. The molecule has 0 aromatic heterocycles. The molecule has 16 heavy (non-hydrogen) atoms. The Morgan fingerprint density at radius 3 is 2.69 bits per heavy atom. The molecule has 4 heteroatoms. The maximum Gasteiger partial charge on any atom is 0.328 e. The average Bonchev–Trinajstić information content (AvgIpc) is 2.23. The van der Waals surface area contributed by atoms with Crippen LogP contribution in [0.5, 0.6) is 0 Å². The van der Waals surface area contributed by atoms with Gasteiger partial charge in [0.1, 0.15) is 0 Å². The summed E-state index contributed by atoms with van der Waals surface area (Å²) in [6.45, 7) is 4.44. The second kappa shape index (κ2) is 3.96. The lowest BCUT2D eigenvalue weighted by Crippen LogP contribution is -2.49. The molecule has 0 saturated carbocycles. The zero-order valence-corrected chi connectivity index (χ0v) is 9.41. The number of urea groups is 1. The summed E-state index contributed by atoms with van der Waals surface area (Å²) in [5.74, 6) is -0.202. The van der Waals surface area contributed by atoms with Gasteiger partial charge in [-0.1, -0.05) is 12.1 Å². The van der Waals surface area contributed by atoms with Crippen LogP contribution in [0, 0.1) is 13.8 Å². The third-order valence-corrected chi connectivity index (χ3v) is 2.92. The zero-order chi connectivity index (χ0) is 11.7. The summed E-state index contributed by atoms with van der Waals surface area (Å²) in [6, 6.07) is 5.50. The lowest BCUT2D eigenvalue weighted by atomic mass is 10.1. The van der Waals surface area contributed by atoms with E-state index in [1.54, 1.807) is 4.90 Å². The van der Waals surface area contributed by atoms with E-state index in [0.29, 0.717) is 13.0 Å². The summed E-state index contributed by atoms with van der Waals surface area (Å²) in [5.41, 5.74) is 3.10. The molecule has 1 aromatic rings. The maximum atomic E-state index is 11.7. The Morgan fingerprint density at radius 2 is 2.00 bits per heavy atom. The molecule has 1 saturated heterocycles. The van der Waals surface area contributed by atoms with Crippen LogP contribution >= 0.6 is 0 Å². The van der Waals surface area contributed by atoms with Gasteiger partial charge in [0.05, 0.1) is 0 Å². The number of nitrogens with zero attached hydrogens (tertiary/aromatic N) is 1. The summed E-state index contributed by atoms with van der Waals surface area (Å²) in [7, 11) is 0. The number of nitrogens with one attached hydrogen (secondary N) is 1. The number of carbonyl (C=O) groups is 2. The molecule has 0 radical (unpaired) electrons. The van der Waals surface area contributed by atoms with Gasteiger partial charge in [0.15, 0.2) is 0 Å². The lowest BCUT2D eigenvalue weighted by Gasteiger charge is -2.28. The SMILES string of the molecule is Cc1cccc(N2CCC(=O)NC2=O)c1C. The first-order valence-electron chi connectivity index (χ1n) is 5.27. The van der Waals surface area contributed by atoms with Gasteiger partial charge in [0, 0.05) is 18.7 Å². The van der Waals surface area contributed by atoms with Crippen LogP contribution in [0.15, 0.2) is 18.2 Å². The molecule has 4 nitrogen and oxygen atoms in total. The molecule has 1 aliphatic heterocycles. The Balaban J connectivity index is 2.34. The highest BCUT2D eigenvalue weighted by Gasteiger charge is 2.25. The van der Waals surface area contributed by atoms with Crippen molar-refractivity contribution in [2.75, 3.05) is 11.4 Å². The van der Waals surface area contributed by atoms with Gasteiger partial charge < -0.3 is 0 Å². The van der Waals surface area contributed by atoms with Crippen LogP contribution in [-0.4, -0.2) is 18.5 Å². The summed E-state index contributed by atoms with van der Waals surface area (Å²) in [6.07, 6.45) is 0.360. The number of benzene rings is 1. The van der Waals surface area contributed by atoms with Crippen molar-refractivity contribution in [3.63, 3.8) is 0 Å². The average molecular weight is 218 g/mol. The third-order valence-electron chi connectivity index (χ3n) is 2.92. The Labute approximate surface area is 94.2 Å². The first kappa shape index (κ1) is 10.7. The van der Waals surface area contributed by atoms with Crippen LogP contribution < -0.4 is 10.2 Å². The maximum absolute atomic E-state index is 11.7. The van der Waals surface area contributed by atoms with Gasteiger partial charge in [-0.05, 0) is 31.0 Å². The van der Waals surface area contributed by atoms with Crippen LogP contribution in [-0.2, 0) is 4.79 Å². The molecule has 3 amide bonds. The molecule has 1 aromatic carbocycles. The highest BCUT2D eigenvalue weighted by molar-refractivity contribution is 6.05. The van der Waals surface area contributed by atoms with Crippen LogP contribution in [0.3, 0.4) is 0 Å². The van der Waals surface area contributed by atoms with E-state index in [9.17, 15) is 9.59 Å². The number of carbonyl (C=O) groups excluding carboxylic acids is 2. The van der Waals surface area contributed by atoms with Crippen LogP contribution in [0.4, 0.5) is 10.5 Å². The van der Waals surface area contributed by atoms with Gasteiger partial charge >= 0.3 is 6.03 Å². The Morgan fingerprint density at radius 1 is 1.25 bits per heavy atom. The number of hydrogen-bond acceptors (Lipinski definition) is 2. The molecule has 1 heterocycles. The zero-order valence-electron chi connectivity index (χ0n) is 9.41. The predicted molar refractivity (Wildman–Crippen MR) is 61.4 cm³/mol. The number of hydrogen-bond donors (Lipinski definition) is 1. The number of imide groups is 1. The first-order chi connectivity index (χ1) is 7.59. The molecule has 0 atom stereocenters. The van der Waals surface area contributed by atoms with Gasteiger partial charge in [-0.2, -0.15) is 0 Å². The minimum atomic E-state index is -0.329. The van der Waals surface area contributed by atoms with Gasteiger partial charge in [0.2, 0.25) is 5.91 Å². The van der Waals surface area contributed by atoms with Crippen molar-refractivity contribution < 1.29 is 9.59 Å². The Hall–Kier alpha value is -1.84. The Kier molecular flexibility index (Phi) is 2.64. The number of amides is 3. The lowest BCUT2D eigenvalue weighted by molar-refractivity contribution is -0.120. The second-order valence-corrected chi connectivity index (χ2v) is 3.97. The summed E-state index contributed by atoms with van der Waals surface area (Å²) in [5, 5.41) is 2.32. The normalized spacial score (nSPS) is 16.2. The largest absolute Gasteiger partial charge is 0.328 e. The van der Waals surface area contributed by atoms with Crippen molar-refractivity contribution in [2.24, 2.45) is 0 Å². The van der Waals surface area contributed by atoms with Crippen molar-refractivity contribution in [1.29, 1.82) is 0 Å². The minimum Gasteiger partial charge on any atom is -0.293 e. The third kappa shape index (κ3) is 1.78. The smallest absolute Gasteiger partial charge is 0.293 e. The van der Waals surface area contributed by atoms with E-state index in [2.05, 4.69) is 5.32 Å². The van der Waals surface area contributed by atoms with Crippen LogP contribution in [0.1, 0.15) is 17.5 Å². The van der Waals surface area contributed by atoms with Crippen molar-refractivity contribution in [2.45, 2.75) is 20.3 Å². The van der Waals surface area contributed by atoms with E-state index in [0.717, 1.165) is 16.8 Å². The van der Waals surface area contributed by atoms with Crippen molar-refractivity contribution >= 4 is 17.6 Å². The molecular formula is C12H14N2O2. The Bertz CT molecular complexity index is 454. The standard InChI is InChI=1S/C12H14N2O2/c1-8-4-3-5-10(9(8)2)14-7-6-11(15)13-12(14)16/h3-5H,6-7H2,1-2H3,(H,13,15,16). The highest BCUT2D eigenvalue weighted by atomic mass is 16.2. The fourth-order valence-corrected chi connectivity index (χ4v) is 1.82. The highest BCUT2D eigenvalue weighted by Crippen LogP contribution is 2.24. The van der Waals surface area contributed by atoms with Crippen LogP contribution in [0.25, 0.3) is 0 Å². The van der Waals surface area contributed by atoms with Crippen molar-refractivity contribution in [1.82, 2.24) is 5.32 Å². The topological polar surface area (TPSA) is 49.4 Å². The first-order valence-corrected chi connectivity index (χ1v) is 5.27. The predicted octanol–water partition coefficient (Wildman–Crippen LogP) is 1.75. The summed E-state index contributed by atoms with van der Waals surface area (Å²) in [4.78, 5) is 24.3. The van der Waals surface area contributed by atoms with Gasteiger partial charge in [0.25, 0.3) is 0 Å². The fraction of sp³-hybridized carbons (Fsp3) is 0.333. The summed E-state index contributed by atoms with van der Waals surface area (Å²) < 4.78 is 0. The molecule has 2 rings (SSSR count). The molecule has 0 bridgehead atoms. The van der Waals surface area contributed by atoms with Gasteiger partial charge in [-0.15, -0.1) is 0 Å². The summed E-state index contributed by atoms with van der Waals surface area (Å²) >= 11 is 0. The van der Waals surface area contributed by atoms with Crippen LogP contribution in [0.2, 0.25) is 0 Å². The monoisotopic (exact) mass is 218 g/mol. The fourth-order valence-electron chi connectivity index (χ4n) is 1.82. The molecule has 1 aliphatic rings. The number of rotatable bonds is 1. The second-order valence-electron chi connectivity index (χ2n) is 3.97. The quantitative estimate of drug-likeness (QED) is 0.780. The molecule has 0 spiro atoms. The molecule has 0 unspecified atom stereocenters.